The van der Waals surface area contributed by atoms with Gasteiger partial charge in [-0.2, -0.15) is 0 Å². The number of aryl methyl sites for hydroxylation is 1. The van der Waals surface area contributed by atoms with Gasteiger partial charge in [-0.15, -0.1) is 0 Å². The van der Waals surface area contributed by atoms with Crippen LogP contribution in [0, 0.1) is 5.92 Å². The molecule has 1 aromatic carbocycles. The number of hydrogen-bond donors (Lipinski definition) is 3. The van der Waals surface area contributed by atoms with Crippen molar-refractivity contribution in [3.05, 3.63) is 60.4 Å². The Morgan fingerprint density at radius 2 is 2.03 bits per heavy atom. The number of rotatable bonds is 8. The van der Waals surface area contributed by atoms with Crippen LogP contribution < -0.4 is 10.5 Å². The van der Waals surface area contributed by atoms with E-state index in [4.69, 9.17) is 10.5 Å². The lowest BCUT2D eigenvalue weighted by atomic mass is 9.99. The van der Waals surface area contributed by atoms with E-state index in [1.165, 1.54) is 12.0 Å². The maximum absolute atomic E-state index is 9.39. The molecule has 0 aliphatic carbocycles. The Balaban J connectivity index is 1.32. The van der Waals surface area contributed by atoms with Crippen molar-refractivity contribution in [1.29, 1.82) is 0 Å². The lowest BCUT2D eigenvalue weighted by Gasteiger charge is -2.31. The van der Waals surface area contributed by atoms with E-state index in [1.807, 2.05) is 36.4 Å². The molecule has 1 atom stereocenters. The molecule has 4 rings (SSSR count). The largest absolute Gasteiger partial charge is 0.457 e. The molecular weight excluding hydrogens is 376 g/mol. The summed E-state index contributed by atoms with van der Waals surface area (Å²) in [6, 6.07) is 13.3. The van der Waals surface area contributed by atoms with Gasteiger partial charge in [-0.3, -0.25) is 4.98 Å². The maximum atomic E-state index is 9.39. The number of nitrogens with two attached hydrogens (primary N) is 1. The van der Waals surface area contributed by atoms with Crippen molar-refractivity contribution >= 4 is 5.69 Å². The fraction of sp³-hybridized carbons (Fsp3) is 0.375. The van der Waals surface area contributed by atoms with E-state index in [9.17, 15) is 5.11 Å². The van der Waals surface area contributed by atoms with Crippen LogP contribution in [0.3, 0.4) is 0 Å². The van der Waals surface area contributed by atoms with Crippen molar-refractivity contribution in [1.82, 2.24) is 14.9 Å². The normalized spacial score (nSPS) is 17.2. The summed E-state index contributed by atoms with van der Waals surface area (Å²) in [6.07, 6.45) is 8.32. The Morgan fingerprint density at radius 3 is 2.87 bits per heavy atom. The fourth-order valence-corrected chi connectivity index (χ4v) is 4.04. The first kappa shape index (κ1) is 20.4. The molecule has 158 valence electrons. The molecule has 0 radical (unpaired) electrons. The summed E-state index contributed by atoms with van der Waals surface area (Å²) >= 11 is 0. The maximum Gasteiger partial charge on any atom is 0.131 e. The molecule has 1 aliphatic heterocycles. The van der Waals surface area contributed by atoms with E-state index in [-0.39, 0.29) is 0 Å². The van der Waals surface area contributed by atoms with E-state index in [2.05, 4.69) is 27.1 Å². The van der Waals surface area contributed by atoms with Crippen molar-refractivity contribution in [3.63, 3.8) is 0 Å². The number of piperidine rings is 1. The summed E-state index contributed by atoms with van der Waals surface area (Å²) in [5.74, 6) is 1.94. The second kappa shape index (κ2) is 9.78. The average Bonchev–Trinajstić information content (AvgIpc) is 3.25. The first-order valence-electron chi connectivity index (χ1n) is 10.7. The zero-order valence-electron chi connectivity index (χ0n) is 17.3. The second-order valence-electron chi connectivity index (χ2n) is 8.06. The molecule has 0 spiro atoms. The summed E-state index contributed by atoms with van der Waals surface area (Å²) in [5, 5.41) is 9.39. The van der Waals surface area contributed by atoms with Gasteiger partial charge in [0.25, 0.3) is 0 Å². The van der Waals surface area contributed by atoms with Crippen LogP contribution in [0.25, 0.3) is 11.4 Å². The van der Waals surface area contributed by atoms with Crippen molar-refractivity contribution in [2.75, 3.05) is 32.0 Å². The zero-order valence-corrected chi connectivity index (χ0v) is 17.3. The molecule has 1 unspecified atom stereocenters. The molecule has 1 saturated heterocycles. The Hall–Kier alpha value is -2.83. The number of H-pyrrole nitrogens is 1. The van der Waals surface area contributed by atoms with Crippen LogP contribution in [0.2, 0.25) is 0 Å². The number of hydrogen-bond acceptors (Lipinski definition) is 5. The van der Waals surface area contributed by atoms with Gasteiger partial charge in [0.15, 0.2) is 0 Å². The number of aromatic amines is 1. The molecule has 6 nitrogen and oxygen atoms in total. The Labute approximate surface area is 177 Å². The van der Waals surface area contributed by atoms with Crippen molar-refractivity contribution < 1.29 is 9.84 Å². The summed E-state index contributed by atoms with van der Waals surface area (Å²) < 4.78 is 5.92. The summed E-state index contributed by atoms with van der Waals surface area (Å²) in [7, 11) is 0. The standard InChI is InChI=1S/C24H30N4O2/c25-20-5-7-21(8-6-20)30-22-9-10-26-24(14-22)23-13-18(15-27-23)3-1-11-28-12-2-4-19(16-28)17-29/h5-10,13-15,19,27,29H,1-4,11-12,16-17,25H2. The molecule has 0 saturated carbocycles. The number of nitrogens with one attached hydrogen (secondary N) is 1. The van der Waals surface area contributed by atoms with E-state index >= 15 is 0 Å². The van der Waals surface area contributed by atoms with E-state index in [0.29, 0.717) is 18.2 Å². The number of anilines is 1. The van der Waals surface area contributed by atoms with Crippen LogP contribution in [0.15, 0.2) is 54.9 Å². The van der Waals surface area contributed by atoms with Gasteiger partial charge in [-0.25, -0.2) is 0 Å². The smallest absolute Gasteiger partial charge is 0.131 e. The van der Waals surface area contributed by atoms with Crippen LogP contribution in [0.5, 0.6) is 11.5 Å². The molecule has 3 aromatic rings. The Kier molecular flexibility index (Phi) is 6.67. The van der Waals surface area contributed by atoms with Gasteiger partial charge in [-0.1, -0.05) is 0 Å². The number of nitrogens with zero attached hydrogens (tertiary/aromatic N) is 2. The minimum Gasteiger partial charge on any atom is -0.457 e. The summed E-state index contributed by atoms with van der Waals surface area (Å²) in [6.45, 7) is 3.57. The highest BCUT2D eigenvalue weighted by molar-refractivity contribution is 5.58. The van der Waals surface area contributed by atoms with Gasteiger partial charge in [0.2, 0.25) is 0 Å². The van der Waals surface area contributed by atoms with Crippen LogP contribution in [-0.4, -0.2) is 46.2 Å². The minimum absolute atomic E-state index is 0.311. The number of aliphatic hydroxyl groups excluding tert-OH is 1. The molecule has 0 bridgehead atoms. The highest BCUT2D eigenvalue weighted by Gasteiger charge is 2.18. The Morgan fingerprint density at radius 1 is 1.17 bits per heavy atom. The van der Waals surface area contributed by atoms with Gasteiger partial charge in [0.1, 0.15) is 11.5 Å². The number of nitrogen functional groups attached to an aromatic ring is 1. The van der Waals surface area contributed by atoms with Gasteiger partial charge >= 0.3 is 0 Å². The summed E-state index contributed by atoms with van der Waals surface area (Å²) in [5.41, 5.74) is 9.58. The number of likely N-dealkylation sites (tertiary alicyclic amines) is 1. The molecule has 6 heteroatoms. The molecule has 30 heavy (non-hydrogen) atoms. The second-order valence-corrected chi connectivity index (χ2v) is 8.06. The quantitative estimate of drug-likeness (QED) is 0.491. The third-order valence-electron chi connectivity index (χ3n) is 5.67. The SMILES string of the molecule is Nc1ccc(Oc2ccnc(-c3cc(CCCN4CCCC(CO)C4)c[nH]3)c2)cc1. The van der Waals surface area contributed by atoms with Crippen LogP contribution in [0.1, 0.15) is 24.8 Å². The van der Waals surface area contributed by atoms with Gasteiger partial charge < -0.3 is 25.5 Å². The van der Waals surface area contributed by atoms with E-state index in [0.717, 1.165) is 61.8 Å². The Bertz CT molecular complexity index is 938. The minimum atomic E-state index is 0.311. The van der Waals surface area contributed by atoms with Crippen LogP contribution in [0.4, 0.5) is 5.69 Å². The van der Waals surface area contributed by atoms with Gasteiger partial charge in [0, 0.05) is 37.3 Å². The average molecular weight is 407 g/mol. The van der Waals surface area contributed by atoms with E-state index in [1.54, 1.807) is 6.20 Å². The van der Waals surface area contributed by atoms with Crippen LogP contribution >= 0.6 is 0 Å². The van der Waals surface area contributed by atoms with Gasteiger partial charge in [-0.05, 0) is 86.7 Å². The molecule has 0 amide bonds. The molecule has 1 fully saturated rings. The summed E-state index contributed by atoms with van der Waals surface area (Å²) in [4.78, 5) is 10.3. The predicted octanol–water partition coefficient (Wildman–Crippen LogP) is 4.09. The number of ether oxygens (including phenoxy) is 1. The number of benzene rings is 1. The number of pyridine rings is 1. The van der Waals surface area contributed by atoms with Gasteiger partial charge in [0.05, 0.1) is 11.4 Å². The predicted molar refractivity (Wildman–Crippen MR) is 120 cm³/mol. The first-order chi connectivity index (χ1) is 14.7. The van der Waals surface area contributed by atoms with Crippen molar-refractivity contribution in [3.8, 4) is 22.9 Å². The molecule has 4 N–H and O–H groups in total. The zero-order chi connectivity index (χ0) is 20.8. The lowest BCUT2D eigenvalue weighted by molar-refractivity contribution is 0.120. The number of aromatic nitrogens is 2. The lowest BCUT2D eigenvalue weighted by Crippen LogP contribution is -2.37. The topological polar surface area (TPSA) is 87.4 Å². The van der Waals surface area contributed by atoms with Crippen LogP contribution in [-0.2, 0) is 6.42 Å². The monoisotopic (exact) mass is 406 g/mol. The molecule has 1 aliphatic rings. The molecular formula is C24H30N4O2. The van der Waals surface area contributed by atoms with E-state index < -0.39 is 0 Å². The third kappa shape index (κ3) is 5.40. The van der Waals surface area contributed by atoms with Crippen molar-refractivity contribution in [2.24, 2.45) is 5.92 Å². The number of aliphatic hydroxyl groups is 1. The van der Waals surface area contributed by atoms with Crippen molar-refractivity contribution in [2.45, 2.75) is 25.7 Å². The highest BCUT2D eigenvalue weighted by atomic mass is 16.5. The highest BCUT2D eigenvalue weighted by Crippen LogP contribution is 2.26. The third-order valence-corrected chi connectivity index (χ3v) is 5.67. The first-order valence-corrected chi connectivity index (χ1v) is 10.7. The fourth-order valence-electron chi connectivity index (χ4n) is 4.04. The molecule has 3 heterocycles. The molecule has 2 aromatic heterocycles.